The molecule has 24 heavy (non-hydrogen) atoms. The minimum Gasteiger partial charge on any atom is -0.327 e. The number of hydrogen-bond acceptors (Lipinski definition) is 1. The first-order valence-electron chi connectivity index (χ1n) is 7.65. The van der Waals surface area contributed by atoms with E-state index in [0.29, 0.717) is 5.02 Å². The molecule has 0 saturated heterocycles. The summed E-state index contributed by atoms with van der Waals surface area (Å²) in [6.07, 6.45) is 0. The number of carbonyl (C=O) groups is 1. The van der Waals surface area contributed by atoms with Crippen LogP contribution in [0, 0.1) is 0 Å². The lowest BCUT2D eigenvalue weighted by Crippen LogP contribution is -2.33. The van der Waals surface area contributed by atoms with Gasteiger partial charge in [0.05, 0.1) is 6.04 Å². The Morgan fingerprint density at radius 3 is 1.92 bits per heavy atom. The van der Waals surface area contributed by atoms with Gasteiger partial charge in [0.2, 0.25) is 0 Å². The second kappa shape index (κ2) is 7.66. The average molecular weight is 337 g/mol. The Morgan fingerprint density at radius 2 is 1.29 bits per heavy atom. The molecule has 0 radical (unpaired) electrons. The largest absolute Gasteiger partial charge is 0.327 e. The Morgan fingerprint density at radius 1 is 0.750 bits per heavy atom. The molecule has 3 aromatic rings. The van der Waals surface area contributed by atoms with Crippen molar-refractivity contribution in [2.75, 3.05) is 5.32 Å². The van der Waals surface area contributed by atoms with Gasteiger partial charge in [-0.05, 0) is 35.4 Å². The maximum absolute atomic E-state index is 12.4. The summed E-state index contributed by atoms with van der Waals surface area (Å²) in [4.78, 5) is 12.4. The zero-order valence-electron chi connectivity index (χ0n) is 12.9. The molecule has 120 valence electrons. The lowest BCUT2D eigenvalue weighted by molar-refractivity contribution is 0.250. The van der Waals surface area contributed by atoms with Crippen molar-refractivity contribution >= 4 is 23.3 Å². The molecule has 0 aliphatic carbocycles. The molecule has 0 saturated carbocycles. The monoisotopic (exact) mass is 336 g/mol. The molecule has 3 rings (SSSR count). The molecule has 0 spiro atoms. The third-order valence-corrected chi connectivity index (χ3v) is 3.90. The van der Waals surface area contributed by atoms with E-state index in [9.17, 15) is 4.79 Å². The van der Waals surface area contributed by atoms with Crippen molar-refractivity contribution in [1.82, 2.24) is 5.32 Å². The van der Waals surface area contributed by atoms with Gasteiger partial charge in [0.25, 0.3) is 0 Å². The third kappa shape index (κ3) is 4.15. The van der Waals surface area contributed by atoms with Crippen LogP contribution in [0.3, 0.4) is 0 Å². The predicted molar refractivity (Wildman–Crippen MR) is 98.3 cm³/mol. The summed E-state index contributed by atoms with van der Waals surface area (Å²) in [5.41, 5.74) is 2.72. The molecule has 0 bridgehead atoms. The number of urea groups is 1. The third-order valence-electron chi connectivity index (χ3n) is 3.64. The van der Waals surface area contributed by atoms with Gasteiger partial charge in [-0.2, -0.15) is 0 Å². The van der Waals surface area contributed by atoms with Gasteiger partial charge in [-0.3, -0.25) is 0 Å². The van der Waals surface area contributed by atoms with Gasteiger partial charge in [0.15, 0.2) is 0 Å². The fraction of sp³-hybridized carbons (Fsp3) is 0.0500. The van der Waals surface area contributed by atoms with Crippen LogP contribution in [0.1, 0.15) is 17.2 Å². The number of hydrogen-bond donors (Lipinski definition) is 2. The van der Waals surface area contributed by atoms with E-state index >= 15 is 0 Å². The Balaban J connectivity index is 1.82. The molecule has 0 aliphatic heterocycles. The molecule has 1 unspecified atom stereocenters. The van der Waals surface area contributed by atoms with Crippen molar-refractivity contribution in [2.24, 2.45) is 0 Å². The molecule has 0 aliphatic rings. The predicted octanol–water partition coefficient (Wildman–Crippen LogP) is 5.25. The summed E-state index contributed by atoms with van der Waals surface area (Å²) >= 11 is 5.98. The van der Waals surface area contributed by atoms with E-state index in [4.69, 9.17) is 11.6 Å². The van der Waals surface area contributed by atoms with Crippen LogP contribution >= 0.6 is 11.6 Å². The Bertz CT molecular complexity index is 789. The zero-order chi connectivity index (χ0) is 16.8. The van der Waals surface area contributed by atoms with Gasteiger partial charge >= 0.3 is 6.03 Å². The number of nitrogens with one attached hydrogen (secondary N) is 2. The first kappa shape index (κ1) is 16.1. The van der Waals surface area contributed by atoms with E-state index in [2.05, 4.69) is 10.6 Å². The molecule has 2 N–H and O–H groups in total. The van der Waals surface area contributed by atoms with E-state index in [-0.39, 0.29) is 12.1 Å². The second-order valence-corrected chi connectivity index (χ2v) is 5.80. The molecule has 4 heteroatoms. The first-order chi connectivity index (χ1) is 11.7. The summed E-state index contributed by atoms with van der Waals surface area (Å²) < 4.78 is 0. The molecule has 0 aromatic heterocycles. The van der Waals surface area contributed by atoms with Crippen molar-refractivity contribution in [3.05, 3.63) is 101 Å². The highest BCUT2D eigenvalue weighted by Crippen LogP contribution is 2.23. The quantitative estimate of drug-likeness (QED) is 0.671. The van der Waals surface area contributed by atoms with Crippen LogP contribution < -0.4 is 10.6 Å². The smallest absolute Gasteiger partial charge is 0.319 e. The highest BCUT2D eigenvalue weighted by molar-refractivity contribution is 6.30. The van der Waals surface area contributed by atoms with Crippen LogP contribution in [0.4, 0.5) is 10.5 Å². The molecule has 3 nitrogen and oxygen atoms in total. The Hall–Kier alpha value is -2.78. The number of para-hydroxylation sites is 1. The topological polar surface area (TPSA) is 41.1 Å². The van der Waals surface area contributed by atoms with Gasteiger partial charge in [-0.15, -0.1) is 0 Å². The molecule has 0 fully saturated rings. The van der Waals surface area contributed by atoms with Gasteiger partial charge in [0.1, 0.15) is 0 Å². The van der Waals surface area contributed by atoms with Crippen LogP contribution in [-0.2, 0) is 0 Å². The van der Waals surface area contributed by atoms with Gasteiger partial charge in [-0.1, -0.05) is 72.3 Å². The van der Waals surface area contributed by atoms with E-state index in [1.165, 1.54) is 0 Å². The van der Waals surface area contributed by atoms with Crippen molar-refractivity contribution in [2.45, 2.75) is 6.04 Å². The highest BCUT2D eigenvalue weighted by atomic mass is 35.5. The molecule has 1 atom stereocenters. The molecule has 0 heterocycles. The molecular weight excluding hydrogens is 320 g/mol. The number of benzene rings is 3. The number of anilines is 1. The fourth-order valence-electron chi connectivity index (χ4n) is 2.48. The highest BCUT2D eigenvalue weighted by Gasteiger charge is 2.16. The van der Waals surface area contributed by atoms with Crippen molar-refractivity contribution in [3.63, 3.8) is 0 Å². The van der Waals surface area contributed by atoms with E-state index in [1.54, 1.807) is 0 Å². The summed E-state index contributed by atoms with van der Waals surface area (Å²) in [6.45, 7) is 0. The van der Waals surface area contributed by atoms with Crippen molar-refractivity contribution < 1.29 is 4.79 Å². The summed E-state index contributed by atoms with van der Waals surface area (Å²) in [6, 6.07) is 26.2. The van der Waals surface area contributed by atoms with E-state index < -0.39 is 0 Å². The minimum atomic E-state index is -0.259. The van der Waals surface area contributed by atoms with Crippen molar-refractivity contribution in [1.29, 1.82) is 0 Å². The average Bonchev–Trinajstić information content (AvgIpc) is 2.62. The van der Waals surface area contributed by atoms with E-state index in [0.717, 1.165) is 16.8 Å². The Kier molecular flexibility index (Phi) is 5.14. The second-order valence-electron chi connectivity index (χ2n) is 5.36. The van der Waals surface area contributed by atoms with Crippen molar-refractivity contribution in [3.8, 4) is 0 Å². The van der Waals surface area contributed by atoms with Crippen LogP contribution in [-0.4, -0.2) is 6.03 Å². The lowest BCUT2D eigenvalue weighted by Gasteiger charge is -2.20. The summed E-state index contributed by atoms with van der Waals surface area (Å²) in [5.74, 6) is 0. The normalized spacial score (nSPS) is 11.5. The maximum atomic E-state index is 12.4. The van der Waals surface area contributed by atoms with Gasteiger partial charge in [-0.25, -0.2) is 4.79 Å². The first-order valence-corrected chi connectivity index (χ1v) is 8.03. The van der Waals surface area contributed by atoms with Gasteiger partial charge in [0, 0.05) is 10.7 Å². The minimum absolute atomic E-state index is 0.257. The maximum Gasteiger partial charge on any atom is 0.319 e. The number of rotatable bonds is 4. The number of halogens is 1. The molecule has 3 aromatic carbocycles. The molecule has 2 amide bonds. The lowest BCUT2D eigenvalue weighted by atomic mass is 9.99. The van der Waals surface area contributed by atoms with Crippen LogP contribution in [0.2, 0.25) is 5.02 Å². The fourth-order valence-corrected chi connectivity index (χ4v) is 2.61. The zero-order valence-corrected chi connectivity index (χ0v) is 13.7. The van der Waals surface area contributed by atoms with Gasteiger partial charge < -0.3 is 10.6 Å². The van der Waals surface area contributed by atoms with Crippen LogP contribution in [0.15, 0.2) is 84.9 Å². The SMILES string of the molecule is O=C(Nc1ccccc1)NC(c1ccccc1)c1ccc(Cl)cc1. The number of carbonyl (C=O) groups excluding carboxylic acids is 1. The Labute approximate surface area is 146 Å². The summed E-state index contributed by atoms with van der Waals surface area (Å²) in [5, 5.41) is 6.54. The molecular formula is C20H17ClN2O. The number of amides is 2. The standard InChI is InChI=1S/C20H17ClN2O/c21-17-13-11-16(12-14-17)19(15-7-3-1-4-8-15)23-20(24)22-18-9-5-2-6-10-18/h1-14,19H,(H2,22,23,24). The summed E-state index contributed by atoms with van der Waals surface area (Å²) in [7, 11) is 0. The van der Waals surface area contributed by atoms with Crippen LogP contribution in [0.25, 0.3) is 0 Å². The van der Waals surface area contributed by atoms with E-state index in [1.807, 2.05) is 84.9 Å². The van der Waals surface area contributed by atoms with Crippen LogP contribution in [0.5, 0.6) is 0 Å².